The molecule has 0 unspecified atom stereocenters. The smallest absolute Gasteiger partial charge is 0.255 e. The van der Waals surface area contributed by atoms with Crippen LogP contribution in [0.5, 0.6) is 17.2 Å². The molecule has 1 amide bonds. The van der Waals surface area contributed by atoms with Crippen molar-refractivity contribution in [1.29, 1.82) is 0 Å². The van der Waals surface area contributed by atoms with Gasteiger partial charge in [0.1, 0.15) is 11.3 Å². The first kappa shape index (κ1) is 19.7. The van der Waals surface area contributed by atoms with Gasteiger partial charge in [-0.05, 0) is 67.6 Å². The van der Waals surface area contributed by atoms with Gasteiger partial charge in [-0.2, -0.15) is 0 Å². The number of hydrogen-bond donors (Lipinski definition) is 1. The van der Waals surface area contributed by atoms with Crippen molar-refractivity contribution in [3.8, 4) is 17.2 Å². The van der Waals surface area contributed by atoms with Crippen molar-refractivity contribution in [2.24, 2.45) is 0 Å². The van der Waals surface area contributed by atoms with Crippen LogP contribution in [0.25, 0.3) is 11.0 Å². The molecule has 0 radical (unpaired) electrons. The minimum atomic E-state index is -0.279. The largest absolute Gasteiger partial charge is 0.497 e. The summed E-state index contributed by atoms with van der Waals surface area (Å²) >= 11 is 0. The maximum atomic E-state index is 13.0. The van der Waals surface area contributed by atoms with Crippen LogP contribution in [0.3, 0.4) is 0 Å². The first-order chi connectivity index (χ1) is 15.5. The summed E-state index contributed by atoms with van der Waals surface area (Å²) in [6, 6.07) is 17.2. The number of hydrogen-bond acceptors (Lipinski definition) is 6. The molecule has 7 nitrogen and oxygen atoms in total. The van der Waals surface area contributed by atoms with Gasteiger partial charge >= 0.3 is 0 Å². The number of ether oxygens (including phenoxy) is 3. The van der Waals surface area contributed by atoms with E-state index in [4.69, 9.17) is 18.6 Å². The number of aryl methyl sites for hydroxylation is 1. The molecule has 2 heterocycles. The molecule has 1 aliphatic heterocycles. The van der Waals surface area contributed by atoms with Crippen molar-refractivity contribution in [3.05, 3.63) is 83.1 Å². The maximum absolute atomic E-state index is 13.0. The van der Waals surface area contributed by atoms with Crippen molar-refractivity contribution in [2.75, 3.05) is 19.2 Å². The SMILES string of the molecule is COc1ccc(C(=O)c2oc3ccc(NC(=O)c4ccc5c(c4)OCO5)cc3c2C)cc1. The molecular formula is C25H19NO6. The van der Waals surface area contributed by atoms with Gasteiger partial charge in [-0.15, -0.1) is 0 Å². The van der Waals surface area contributed by atoms with Gasteiger partial charge in [-0.3, -0.25) is 9.59 Å². The zero-order valence-electron chi connectivity index (χ0n) is 17.4. The summed E-state index contributed by atoms with van der Waals surface area (Å²) in [5.74, 6) is 1.60. The lowest BCUT2D eigenvalue weighted by molar-refractivity contribution is 0.101. The average molecular weight is 429 g/mol. The molecule has 1 N–H and O–H groups in total. The Morgan fingerprint density at radius 2 is 1.66 bits per heavy atom. The van der Waals surface area contributed by atoms with Crippen molar-refractivity contribution >= 4 is 28.3 Å². The minimum Gasteiger partial charge on any atom is -0.497 e. The van der Waals surface area contributed by atoms with Gasteiger partial charge in [-0.1, -0.05) is 0 Å². The van der Waals surface area contributed by atoms with E-state index in [1.54, 1.807) is 67.8 Å². The number of anilines is 1. The van der Waals surface area contributed by atoms with Gasteiger partial charge in [-0.25, -0.2) is 0 Å². The molecule has 160 valence electrons. The van der Waals surface area contributed by atoms with E-state index in [1.165, 1.54) is 0 Å². The van der Waals surface area contributed by atoms with Crippen LogP contribution in [0.4, 0.5) is 5.69 Å². The van der Waals surface area contributed by atoms with Gasteiger partial charge in [0.25, 0.3) is 5.91 Å². The van der Waals surface area contributed by atoms with E-state index in [1.807, 2.05) is 6.92 Å². The van der Waals surface area contributed by atoms with E-state index in [2.05, 4.69) is 5.32 Å². The molecule has 1 aliphatic rings. The Morgan fingerprint density at radius 3 is 2.44 bits per heavy atom. The topological polar surface area (TPSA) is 87.0 Å². The van der Waals surface area contributed by atoms with Crippen LogP contribution in [-0.2, 0) is 0 Å². The molecule has 3 aromatic carbocycles. The molecule has 0 bridgehead atoms. The summed E-state index contributed by atoms with van der Waals surface area (Å²) in [4.78, 5) is 25.6. The van der Waals surface area contributed by atoms with Crippen molar-refractivity contribution in [1.82, 2.24) is 0 Å². The lowest BCUT2D eigenvalue weighted by atomic mass is 10.0. The number of benzene rings is 3. The number of carbonyl (C=O) groups is 2. The van der Waals surface area contributed by atoms with Crippen LogP contribution in [0.2, 0.25) is 0 Å². The van der Waals surface area contributed by atoms with Gasteiger partial charge < -0.3 is 23.9 Å². The Balaban J connectivity index is 1.41. The summed E-state index contributed by atoms with van der Waals surface area (Å²) in [5.41, 5.74) is 2.82. The normalized spacial score (nSPS) is 12.1. The lowest BCUT2D eigenvalue weighted by Crippen LogP contribution is -2.11. The second kappa shape index (κ2) is 7.77. The van der Waals surface area contributed by atoms with Gasteiger partial charge in [0.2, 0.25) is 12.6 Å². The van der Waals surface area contributed by atoms with Crippen LogP contribution in [-0.4, -0.2) is 25.6 Å². The Bertz CT molecular complexity index is 1350. The summed E-state index contributed by atoms with van der Waals surface area (Å²) in [7, 11) is 1.57. The Morgan fingerprint density at radius 1 is 0.906 bits per heavy atom. The fourth-order valence-corrected chi connectivity index (χ4v) is 3.63. The number of rotatable bonds is 5. The number of fused-ring (bicyclic) bond motifs is 2. The number of methoxy groups -OCH3 is 1. The van der Waals surface area contributed by atoms with E-state index in [0.29, 0.717) is 45.2 Å². The van der Waals surface area contributed by atoms with E-state index in [-0.39, 0.29) is 24.2 Å². The van der Waals surface area contributed by atoms with Crippen LogP contribution >= 0.6 is 0 Å². The van der Waals surface area contributed by atoms with Crippen LogP contribution in [0.15, 0.2) is 65.1 Å². The highest BCUT2D eigenvalue weighted by Crippen LogP contribution is 2.33. The number of amides is 1. The quantitative estimate of drug-likeness (QED) is 0.451. The summed E-state index contributed by atoms with van der Waals surface area (Å²) in [5, 5.41) is 3.63. The average Bonchev–Trinajstić information content (AvgIpc) is 3.42. The van der Waals surface area contributed by atoms with E-state index in [0.717, 1.165) is 5.39 Å². The molecule has 4 aromatic rings. The first-order valence-corrected chi connectivity index (χ1v) is 9.96. The summed E-state index contributed by atoms with van der Waals surface area (Å²) in [6.45, 7) is 1.97. The lowest BCUT2D eigenvalue weighted by Gasteiger charge is -2.06. The highest BCUT2D eigenvalue weighted by Gasteiger charge is 2.20. The maximum Gasteiger partial charge on any atom is 0.255 e. The molecule has 0 aliphatic carbocycles. The molecule has 0 saturated carbocycles. The van der Waals surface area contributed by atoms with Crippen molar-refractivity contribution in [2.45, 2.75) is 6.92 Å². The molecular weight excluding hydrogens is 410 g/mol. The second-order valence-corrected chi connectivity index (χ2v) is 7.35. The first-order valence-electron chi connectivity index (χ1n) is 9.96. The zero-order chi connectivity index (χ0) is 22.2. The fourth-order valence-electron chi connectivity index (χ4n) is 3.63. The van der Waals surface area contributed by atoms with Crippen LogP contribution in [0, 0.1) is 6.92 Å². The minimum absolute atomic E-state index is 0.147. The van der Waals surface area contributed by atoms with Crippen molar-refractivity contribution in [3.63, 3.8) is 0 Å². The number of furan rings is 1. The standard InChI is InChI=1S/C25H19NO6/c1-14-19-12-17(26-25(28)16-5-9-21-22(11-16)31-13-30-21)6-10-20(19)32-24(14)23(27)15-3-7-18(29-2)8-4-15/h3-12H,13H2,1-2H3,(H,26,28). The highest BCUT2D eigenvalue weighted by molar-refractivity contribution is 6.11. The predicted molar refractivity (Wildman–Crippen MR) is 118 cm³/mol. The molecule has 0 spiro atoms. The summed E-state index contributed by atoms with van der Waals surface area (Å²) < 4.78 is 21.6. The monoisotopic (exact) mass is 429 g/mol. The number of nitrogens with one attached hydrogen (secondary N) is 1. The highest BCUT2D eigenvalue weighted by atomic mass is 16.7. The van der Waals surface area contributed by atoms with Gasteiger partial charge in [0.15, 0.2) is 17.3 Å². The van der Waals surface area contributed by atoms with E-state index >= 15 is 0 Å². The molecule has 0 atom stereocenters. The van der Waals surface area contributed by atoms with Gasteiger partial charge in [0.05, 0.1) is 7.11 Å². The fraction of sp³-hybridized carbons (Fsp3) is 0.120. The van der Waals surface area contributed by atoms with Crippen molar-refractivity contribution < 1.29 is 28.2 Å². The third-order valence-electron chi connectivity index (χ3n) is 5.39. The third-order valence-corrected chi connectivity index (χ3v) is 5.39. The predicted octanol–water partition coefficient (Wildman–Crippen LogP) is 4.96. The zero-order valence-corrected chi connectivity index (χ0v) is 17.4. The molecule has 0 fully saturated rings. The van der Waals surface area contributed by atoms with Gasteiger partial charge in [0, 0.05) is 27.8 Å². The number of carbonyl (C=O) groups excluding carboxylic acids is 2. The van der Waals surface area contributed by atoms with Crippen LogP contribution in [0.1, 0.15) is 32.0 Å². The summed E-state index contributed by atoms with van der Waals surface area (Å²) in [6.07, 6.45) is 0. The molecule has 0 saturated heterocycles. The van der Waals surface area contributed by atoms with Crippen LogP contribution < -0.4 is 19.5 Å². The second-order valence-electron chi connectivity index (χ2n) is 7.35. The van der Waals surface area contributed by atoms with E-state index in [9.17, 15) is 9.59 Å². The van der Waals surface area contributed by atoms with E-state index < -0.39 is 0 Å². The third kappa shape index (κ3) is 3.43. The Kier molecular flexibility index (Phi) is 4.78. The number of ketones is 1. The Hall–Kier alpha value is -4.26. The Labute approximate surface area is 183 Å². The molecule has 5 rings (SSSR count). The molecule has 7 heteroatoms. The molecule has 1 aromatic heterocycles. The molecule has 32 heavy (non-hydrogen) atoms.